The molecule has 2 N–H and O–H groups in total. The highest BCUT2D eigenvalue weighted by Crippen LogP contribution is 2.30. The van der Waals surface area contributed by atoms with E-state index in [-0.39, 0.29) is 0 Å². The number of nitrogens with zero attached hydrogens (tertiary/aromatic N) is 2. The van der Waals surface area contributed by atoms with Crippen molar-refractivity contribution in [2.75, 3.05) is 0 Å². The lowest BCUT2D eigenvalue weighted by molar-refractivity contribution is 0.991. The first kappa shape index (κ1) is 13.7. The van der Waals surface area contributed by atoms with Gasteiger partial charge in [0, 0.05) is 15.7 Å². The van der Waals surface area contributed by atoms with Crippen LogP contribution in [0, 0.1) is 3.57 Å². The third kappa shape index (κ3) is 2.39. The number of rotatable bonds is 2. The quantitative estimate of drug-likeness (QED) is 0.667. The van der Waals surface area contributed by atoms with Gasteiger partial charge in [0.25, 0.3) is 0 Å². The monoisotopic (exact) mass is 395 g/mol. The van der Waals surface area contributed by atoms with E-state index in [0.29, 0.717) is 11.6 Å². The molecule has 0 fully saturated rings. The van der Waals surface area contributed by atoms with Crippen molar-refractivity contribution in [2.45, 2.75) is 6.54 Å². The minimum Gasteiger partial charge on any atom is -0.325 e. The average molecular weight is 396 g/mol. The van der Waals surface area contributed by atoms with E-state index >= 15 is 0 Å². The van der Waals surface area contributed by atoms with E-state index in [4.69, 9.17) is 22.3 Å². The van der Waals surface area contributed by atoms with Crippen molar-refractivity contribution < 1.29 is 0 Å². The molecule has 0 radical (unpaired) electrons. The Morgan fingerprint density at radius 2 is 1.85 bits per heavy atom. The molecule has 0 saturated carbocycles. The molecule has 0 saturated heterocycles. The van der Waals surface area contributed by atoms with E-state index in [1.54, 1.807) is 0 Å². The maximum atomic E-state index is 6.26. The van der Waals surface area contributed by atoms with Crippen LogP contribution in [-0.4, -0.2) is 9.97 Å². The van der Waals surface area contributed by atoms with Crippen LogP contribution in [0.5, 0.6) is 0 Å². The van der Waals surface area contributed by atoms with Gasteiger partial charge in [0.15, 0.2) is 0 Å². The van der Waals surface area contributed by atoms with Gasteiger partial charge in [0.05, 0.1) is 21.9 Å². The molecule has 0 aliphatic carbocycles. The largest absolute Gasteiger partial charge is 0.325 e. The lowest BCUT2D eigenvalue weighted by Crippen LogP contribution is -2.05. The summed E-state index contributed by atoms with van der Waals surface area (Å²) in [6.07, 6.45) is 0. The van der Waals surface area contributed by atoms with E-state index in [2.05, 4.69) is 27.6 Å². The number of fused-ring (bicyclic) bond motifs is 1. The van der Waals surface area contributed by atoms with Crippen LogP contribution in [0.3, 0.4) is 0 Å². The maximum Gasteiger partial charge on any atom is 0.102 e. The summed E-state index contributed by atoms with van der Waals surface area (Å²) in [5, 5.41) is 0.654. The van der Waals surface area contributed by atoms with Gasteiger partial charge in [0.1, 0.15) is 5.52 Å². The lowest BCUT2D eigenvalue weighted by atomic mass is 10.1. The van der Waals surface area contributed by atoms with Gasteiger partial charge >= 0.3 is 0 Å². The molecule has 0 aliphatic rings. The second kappa shape index (κ2) is 5.63. The van der Waals surface area contributed by atoms with Crippen molar-refractivity contribution in [3.05, 3.63) is 56.8 Å². The highest BCUT2D eigenvalue weighted by Gasteiger charge is 2.13. The highest BCUT2D eigenvalue weighted by molar-refractivity contribution is 14.1. The topological polar surface area (TPSA) is 51.8 Å². The molecule has 0 aliphatic heterocycles. The molecule has 3 nitrogen and oxygen atoms in total. The van der Waals surface area contributed by atoms with Crippen LogP contribution in [0.4, 0.5) is 0 Å². The summed E-state index contributed by atoms with van der Waals surface area (Å²) in [5.41, 5.74) is 9.94. The normalized spacial score (nSPS) is 10.9. The van der Waals surface area contributed by atoms with Crippen LogP contribution in [0.25, 0.3) is 22.3 Å². The number of halogens is 2. The number of aromatic nitrogens is 2. The molecule has 0 amide bonds. The van der Waals surface area contributed by atoms with Gasteiger partial charge in [-0.25, -0.2) is 9.97 Å². The van der Waals surface area contributed by atoms with Crippen LogP contribution in [0.2, 0.25) is 5.02 Å². The highest BCUT2D eigenvalue weighted by atomic mass is 127. The number of nitrogens with two attached hydrogens (primary N) is 1. The number of hydrogen-bond acceptors (Lipinski definition) is 3. The van der Waals surface area contributed by atoms with Gasteiger partial charge in [-0.2, -0.15) is 0 Å². The molecule has 0 unspecified atom stereocenters. The van der Waals surface area contributed by atoms with Gasteiger partial charge in [-0.1, -0.05) is 35.9 Å². The van der Waals surface area contributed by atoms with Gasteiger partial charge < -0.3 is 5.73 Å². The van der Waals surface area contributed by atoms with E-state index in [1.165, 1.54) is 0 Å². The van der Waals surface area contributed by atoms with Crippen molar-refractivity contribution in [1.29, 1.82) is 0 Å². The second-order valence-corrected chi connectivity index (χ2v) is 5.88. The Morgan fingerprint density at radius 1 is 1.05 bits per heavy atom. The summed E-state index contributed by atoms with van der Waals surface area (Å²) in [5.74, 6) is 0. The first-order chi connectivity index (χ1) is 9.70. The molecule has 20 heavy (non-hydrogen) atoms. The molecule has 0 spiro atoms. The molecule has 5 heteroatoms. The summed E-state index contributed by atoms with van der Waals surface area (Å²) in [6, 6.07) is 13.5. The molecule has 100 valence electrons. The first-order valence-corrected chi connectivity index (χ1v) is 7.56. The van der Waals surface area contributed by atoms with Crippen molar-refractivity contribution in [2.24, 2.45) is 5.73 Å². The van der Waals surface area contributed by atoms with E-state index in [1.807, 2.05) is 42.5 Å². The van der Waals surface area contributed by atoms with Crippen LogP contribution in [0.15, 0.2) is 42.5 Å². The SMILES string of the molecule is NCc1nc2c(I)cccc2nc1-c1ccccc1Cl. The molecule has 3 rings (SSSR count). The van der Waals surface area contributed by atoms with E-state index in [9.17, 15) is 0 Å². The van der Waals surface area contributed by atoms with E-state index in [0.717, 1.165) is 31.6 Å². The van der Waals surface area contributed by atoms with Gasteiger partial charge in [-0.15, -0.1) is 0 Å². The Kier molecular flexibility index (Phi) is 3.87. The van der Waals surface area contributed by atoms with Gasteiger partial charge in [-0.05, 0) is 40.8 Å². The predicted molar refractivity (Wildman–Crippen MR) is 90.6 cm³/mol. The van der Waals surface area contributed by atoms with Crippen LogP contribution < -0.4 is 5.73 Å². The minimum atomic E-state index is 0.328. The van der Waals surface area contributed by atoms with Gasteiger partial charge in [0.2, 0.25) is 0 Å². The maximum absolute atomic E-state index is 6.26. The van der Waals surface area contributed by atoms with Crippen LogP contribution in [-0.2, 0) is 6.54 Å². The predicted octanol–water partition coefficient (Wildman–Crippen LogP) is 4.01. The summed E-state index contributed by atoms with van der Waals surface area (Å²) in [7, 11) is 0. The Morgan fingerprint density at radius 3 is 2.60 bits per heavy atom. The molecule has 2 aromatic carbocycles. The zero-order valence-corrected chi connectivity index (χ0v) is 13.4. The average Bonchev–Trinajstić information content (AvgIpc) is 2.47. The van der Waals surface area contributed by atoms with Crippen molar-refractivity contribution in [3.63, 3.8) is 0 Å². The molecule has 1 aromatic heterocycles. The summed E-state index contributed by atoms with van der Waals surface area (Å²) in [6.45, 7) is 0.328. The number of benzene rings is 2. The van der Waals surface area contributed by atoms with Gasteiger partial charge in [-0.3, -0.25) is 0 Å². The first-order valence-electron chi connectivity index (χ1n) is 6.11. The molecule has 0 atom stereocenters. The van der Waals surface area contributed by atoms with E-state index < -0.39 is 0 Å². The Balaban J connectivity index is 2.33. The fraction of sp³-hybridized carbons (Fsp3) is 0.0667. The summed E-state index contributed by atoms with van der Waals surface area (Å²) >= 11 is 8.51. The van der Waals surface area contributed by atoms with Crippen LogP contribution in [0.1, 0.15) is 5.69 Å². The molecule has 3 aromatic rings. The van der Waals surface area contributed by atoms with Crippen LogP contribution >= 0.6 is 34.2 Å². The van der Waals surface area contributed by atoms with Crippen molar-refractivity contribution in [1.82, 2.24) is 9.97 Å². The zero-order valence-electron chi connectivity index (χ0n) is 10.5. The third-order valence-corrected chi connectivity index (χ3v) is 4.24. The van der Waals surface area contributed by atoms with Crippen molar-refractivity contribution in [3.8, 4) is 11.3 Å². The fourth-order valence-electron chi connectivity index (χ4n) is 2.09. The molecular formula is C15H11ClIN3. The molecule has 0 bridgehead atoms. The minimum absolute atomic E-state index is 0.328. The van der Waals surface area contributed by atoms with Crippen molar-refractivity contribution >= 4 is 45.2 Å². The zero-order chi connectivity index (χ0) is 14.1. The lowest BCUT2D eigenvalue weighted by Gasteiger charge is -2.10. The summed E-state index contributed by atoms with van der Waals surface area (Å²) in [4.78, 5) is 9.36. The second-order valence-electron chi connectivity index (χ2n) is 4.31. The Bertz CT molecular complexity index is 789. The molecule has 1 heterocycles. The summed E-state index contributed by atoms with van der Waals surface area (Å²) < 4.78 is 1.06. The molecular weight excluding hydrogens is 385 g/mol. The smallest absolute Gasteiger partial charge is 0.102 e. The third-order valence-electron chi connectivity index (χ3n) is 3.04. The number of para-hydroxylation sites is 1. The Labute approximate surface area is 135 Å². The standard InChI is InChI=1S/C15H11ClIN3/c16-10-5-2-1-4-9(10)14-13(8-18)20-15-11(17)6-3-7-12(15)19-14/h1-7H,8,18H2. The fourth-order valence-corrected chi connectivity index (χ4v) is 2.92. The number of hydrogen-bond donors (Lipinski definition) is 1. The Hall–Kier alpha value is -1.24.